The maximum Gasteiger partial charge on any atom is 0.237 e. The van der Waals surface area contributed by atoms with E-state index in [2.05, 4.69) is 31.0 Å². The number of amides is 1. The number of carbonyl (C=O) groups is 1. The first-order valence-electron chi connectivity index (χ1n) is 11.7. The molecule has 0 aromatic heterocycles. The molecule has 0 aliphatic rings. The standard InChI is InChI=1S/C23H48N2O/c1-5-8-9-10-11-12-13-14-15-16-17-18-19-20-21-24-23(26)22(4)25(6-2)7-3/h22H,5-21H2,1-4H3,(H,24,26). The second-order valence-electron chi connectivity index (χ2n) is 7.78. The highest BCUT2D eigenvalue weighted by molar-refractivity contribution is 5.81. The molecule has 0 aromatic carbocycles. The first-order chi connectivity index (χ1) is 12.7. The summed E-state index contributed by atoms with van der Waals surface area (Å²) in [6.45, 7) is 11.2. The van der Waals surface area contributed by atoms with E-state index in [0.29, 0.717) is 0 Å². The molecule has 0 fully saturated rings. The van der Waals surface area contributed by atoms with Crippen LogP contribution in [0, 0.1) is 0 Å². The maximum absolute atomic E-state index is 12.1. The smallest absolute Gasteiger partial charge is 0.237 e. The van der Waals surface area contributed by atoms with Crippen LogP contribution < -0.4 is 5.32 Å². The van der Waals surface area contributed by atoms with Crippen molar-refractivity contribution >= 4 is 5.91 Å². The van der Waals surface area contributed by atoms with Gasteiger partial charge in [-0.05, 0) is 26.4 Å². The normalized spacial score (nSPS) is 12.5. The van der Waals surface area contributed by atoms with E-state index in [9.17, 15) is 4.79 Å². The summed E-state index contributed by atoms with van der Waals surface area (Å²) >= 11 is 0. The van der Waals surface area contributed by atoms with E-state index in [1.54, 1.807) is 0 Å². The zero-order valence-corrected chi connectivity index (χ0v) is 18.5. The number of rotatable bonds is 19. The molecule has 0 aliphatic heterocycles. The number of unbranched alkanes of at least 4 members (excludes halogenated alkanes) is 13. The van der Waals surface area contributed by atoms with Crippen molar-refractivity contribution in [3.63, 3.8) is 0 Å². The molecule has 0 radical (unpaired) electrons. The molecule has 26 heavy (non-hydrogen) atoms. The molecule has 0 aromatic rings. The minimum atomic E-state index is -0.00311. The lowest BCUT2D eigenvalue weighted by molar-refractivity contribution is -0.125. The summed E-state index contributed by atoms with van der Waals surface area (Å²) in [7, 11) is 0. The van der Waals surface area contributed by atoms with E-state index in [1.165, 1.54) is 83.5 Å². The van der Waals surface area contributed by atoms with Crippen molar-refractivity contribution < 1.29 is 4.79 Å². The van der Waals surface area contributed by atoms with Crippen LogP contribution in [0.15, 0.2) is 0 Å². The fourth-order valence-electron chi connectivity index (χ4n) is 3.62. The molecule has 0 saturated heterocycles. The number of carbonyl (C=O) groups excluding carboxylic acids is 1. The van der Waals surface area contributed by atoms with Crippen molar-refractivity contribution in [3.05, 3.63) is 0 Å². The van der Waals surface area contributed by atoms with E-state index >= 15 is 0 Å². The summed E-state index contributed by atoms with van der Waals surface area (Å²) in [5.74, 6) is 0.184. The first-order valence-corrected chi connectivity index (χ1v) is 11.7. The third-order valence-electron chi connectivity index (χ3n) is 5.57. The van der Waals surface area contributed by atoms with Crippen LogP contribution in [0.3, 0.4) is 0 Å². The molecule has 3 nitrogen and oxygen atoms in total. The van der Waals surface area contributed by atoms with Crippen molar-refractivity contribution in [2.75, 3.05) is 19.6 Å². The fourth-order valence-corrected chi connectivity index (χ4v) is 3.62. The van der Waals surface area contributed by atoms with Crippen LogP contribution in [0.1, 0.15) is 118 Å². The first kappa shape index (κ1) is 25.4. The molecule has 0 spiro atoms. The van der Waals surface area contributed by atoms with Gasteiger partial charge < -0.3 is 5.32 Å². The molecule has 1 amide bonds. The topological polar surface area (TPSA) is 32.3 Å². The second-order valence-corrected chi connectivity index (χ2v) is 7.78. The third kappa shape index (κ3) is 14.6. The Morgan fingerprint density at radius 1 is 0.692 bits per heavy atom. The lowest BCUT2D eigenvalue weighted by Gasteiger charge is -2.25. The van der Waals surface area contributed by atoms with Gasteiger partial charge in [-0.1, -0.05) is 104 Å². The van der Waals surface area contributed by atoms with Gasteiger partial charge in [0.15, 0.2) is 0 Å². The van der Waals surface area contributed by atoms with Crippen molar-refractivity contribution in [3.8, 4) is 0 Å². The molecule has 1 atom stereocenters. The Bertz CT molecular complexity index is 303. The van der Waals surface area contributed by atoms with Crippen LogP contribution >= 0.6 is 0 Å². The second kappa shape index (κ2) is 19.2. The molecular formula is C23H48N2O. The highest BCUT2D eigenvalue weighted by atomic mass is 16.2. The number of nitrogens with one attached hydrogen (secondary N) is 1. The summed E-state index contributed by atoms with van der Waals surface area (Å²) < 4.78 is 0. The molecule has 0 saturated carbocycles. The van der Waals surface area contributed by atoms with Gasteiger partial charge in [0.1, 0.15) is 0 Å². The molecule has 3 heteroatoms. The Morgan fingerprint density at radius 3 is 1.46 bits per heavy atom. The average molecular weight is 369 g/mol. The SMILES string of the molecule is CCCCCCCCCCCCCCCCNC(=O)C(C)N(CC)CC. The molecule has 0 rings (SSSR count). The summed E-state index contributed by atoms with van der Waals surface area (Å²) in [5.41, 5.74) is 0. The van der Waals surface area contributed by atoms with E-state index in [1.807, 2.05) is 6.92 Å². The average Bonchev–Trinajstić information content (AvgIpc) is 2.65. The molecular weight excluding hydrogens is 320 g/mol. The number of hydrogen-bond acceptors (Lipinski definition) is 2. The molecule has 0 heterocycles. The lowest BCUT2D eigenvalue weighted by atomic mass is 10.0. The van der Waals surface area contributed by atoms with Gasteiger partial charge in [-0.2, -0.15) is 0 Å². The monoisotopic (exact) mass is 368 g/mol. The van der Waals surface area contributed by atoms with Gasteiger partial charge in [-0.3, -0.25) is 9.69 Å². The van der Waals surface area contributed by atoms with Gasteiger partial charge in [0.25, 0.3) is 0 Å². The van der Waals surface area contributed by atoms with Gasteiger partial charge in [-0.15, -0.1) is 0 Å². The largest absolute Gasteiger partial charge is 0.355 e. The maximum atomic E-state index is 12.1. The van der Waals surface area contributed by atoms with E-state index in [4.69, 9.17) is 0 Å². The zero-order valence-electron chi connectivity index (χ0n) is 18.5. The van der Waals surface area contributed by atoms with Crippen molar-refractivity contribution in [1.82, 2.24) is 10.2 Å². The summed E-state index contributed by atoms with van der Waals surface area (Å²) in [6.07, 6.45) is 19.2. The Kier molecular flexibility index (Phi) is 18.8. The molecule has 1 N–H and O–H groups in total. The third-order valence-corrected chi connectivity index (χ3v) is 5.57. The quantitative estimate of drug-likeness (QED) is 0.271. The summed E-state index contributed by atoms with van der Waals surface area (Å²) in [5, 5.41) is 3.09. The lowest BCUT2D eigenvalue weighted by Crippen LogP contribution is -2.45. The Balaban J connectivity index is 3.30. The number of likely N-dealkylation sites (N-methyl/N-ethyl adjacent to an activating group) is 1. The molecule has 156 valence electrons. The van der Waals surface area contributed by atoms with Gasteiger partial charge in [-0.25, -0.2) is 0 Å². The fraction of sp³-hybridized carbons (Fsp3) is 0.957. The highest BCUT2D eigenvalue weighted by Gasteiger charge is 2.17. The Morgan fingerprint density at radius 2 is 1.08 bits per heavy atom. The minimum Gasteiger partial charge on any atom is -0.355 e. The summed E-state index contributed by atoms with van der Waals surface area (Å²) in [6, 6.07) is -0.00311. The minimum absolute atomic E-state index is 0.00311. The number of nitrogens with zero attached hydrogens (tertiary/aromatic N) is 1. The van der Waals surface area contributed by atoms with Crippen LogP contribution in [-0.2, 0) is 4.79 Å². The molecule has 0 aliphatic carbocycles. The van der Waals surface area contributed by atoms with Gasteiger partial charge in [0, 0.05) is 6.54 Å². The van der Waals surface area contributed by atoms with Gasteiger partial charge >= 0.3 is 0 Å². The van der Waals surface area contributed by atoms with Crippen molar-refractivity contribution in [2.24, 2.45) is 0 Å². The van der Waals surface area contributed by atoms with E-state index < -0.39 is 0 Å². The van der Waals surface area contributed by atoms with Crippen molar-refractivity contribution in [2.45, 2.75) is 124 Å². The molecule has 0 bridgehead atoms. The van der Waals surface area contributed by atoms with E-state index in [-0.39, 0.29) is 11.9 Å². The van der Waals surface area contributed by atoms with Crippen LogP contribution in [0.4, 0.5) is 0 Å². The highest BCUT2D eigenvalue weighted by Crippen LogP contribution is 2.12. The predicted octanol–water partition coefficient (Wildman–Crippen LogP) is 6.31. The molecule has 1 unspecified atom stereocenters. The van der Waals surface area contributed by atoms with Gasteiger partial charge in [0.05, 0.1) is 6.04 Å². The van der Waals surface area contributed by atoms with Crippen LogP contribution in [0.25, 0.3) is 0 Å². The number of hydrogen-bond donors (Lipinski definition) is 1. The Hall–Kier alpha value is -0.570. The summed E-state index contributed by atoms with van der Waals surface area (Å²) in [4.78, 5) is 14.3. The van der Waals surface area contributed by atoms with Crippen LogP contribution in [-0.4, -0.2) is 36.5 Å². The van der Waals surface area contributed by atoms with E-state index in [0.717, 1.165) is 26.1 Å². The van der Waals surface area contributed by atoms with Crippen LogP contribution in [0.5, 0.6) is 0 Å². The van der Waals surface area contributed by atoms with Crippen molar-refractivity contribution in [1.29, 1.82) is 0 Å². The Labute approximate surface area is 164 Å². The van der Waals surface area contributed by atoms with Crippen LogP contribution in [0.2, 0.25) is 0 Å². The predicted molar refractivity (Wildman–Crippen MR) is 116 cm³/mol. The zero-order chi connectivity index (χ0) is 19.5. The van der Waals surface area contributed by atoms with Gasteiger partial charge in [0.2, 0.25) is 5.91 Å².